The molecule has 0 aliphatic carbocycles. The van der Waals surface area contributed by atoms with E-state index in [1.165, 1.54) is 22.5 Å². The molecule has 1 amide bonds. The van der Waals surface area contributed by atoms with E-state index in [4.69, 9.17) is 23.2 Å². The van der Waals surface area contributed by atoms with Crippen molar-refractivity contribution in [1.82, 2.24) is 0 Å². The maximum Gasteiger partial charge on any atom is 0.239 e. The van der Waals surface area contributed by atoms with Gasteiger partial charge in [0, 0.05) is 10.4 Å². The van der Waals surface area contributed by atoms with Crippen LogP contribution in [0, 0.1) is 6.92 Å². The molecule has 144 valence electrons. The topological polar surface area (TPSA) is 46.2 Å². The first kappa shape index (κ1) is 20.6. The molecular weight excluding hydrogens is 413 g/mol. The predicted octanol–water partition coefficient (Wildman–Crippen LogP) is 5.90. The Morgan fingerprint density at radius 2 is 1.71 bits per heavy atom. The monoisotopic (exact) mass is 431 g/mol. The molecule has 1 aromatic heterocycles. The number of ketones is 1. The number of aryl methyl sites for hydroxylation is 3. The van der Waals surface area contributed by atoms with Crippen molar-refractivity contribution < 1.29 is 9.59 Å². The number of hydrogen-bond donors (Lipinski definition) is 1. The van der Waals surface area contributed by atoms with Crippen LogP contribution < -0.4 is 5.32 Å². The first-order valence-electron chi connectivity index (χ1n) is 8.81. The van der Waals surface area contributed by atoms with Gasteiger partial charge in [-0.25, -0.2) is 0 Å². The first-order chi connectivity index (χ1) is 13.5. The van der Waals surface area contributed by atoms with Crippen LogP contribution in [0.15, 0.2) is 54.6 Å². The molecule has 1 heterocycles. The summed E-state index contributed by atoms with van der Waals surface area (Å²) in [5, 5.41) is 3.63. The lowest BCUT2D eigenvalue weighted by Crippen LogP contribution is -2.14. The van der Waals surface area contributed by atoms with Crippen molar-refractivity contribution in [1.29, 1.82) is 0 Å². The number of carbonyl (C=O) groups is 2. The van der Waals surface area contributed by atoms with Crippen molar-refractivity contribution in [2.45, 2.75) is 19.8 Å². The Bertz CT molecular complexity index is 996. The van der Waals surface area contributed by atoms with Gasteiger partial charge in [-0.1, -0.05) is 53.6 Å². The minimum atomic E-state index is -0.346. The summed E-state index contributed by atoms with van der Waals surface area (Å²) >= 11 is 13.2. The number of alkyl halides is 1. The van der Waals surface area contributed by atoms with E-state index in [-0.39, 0.29) is 17.6 Å². The SMILES string of the molecule is Cc1ccc(CCc2cc(C(=O)c3ccccc3Cl)c(NC(=O)CCl)s2)cc1. The summed E-state index contributed by atoms with van der Waals surface area (Å²) < 4.78 is 0. The van der Waals surface area contributed by atoms with Gasteiger partial charge in [-0.2, -0.15) is 0 Å². The summed E-state index contributed by atoms with van der Waals surface area (Å²) in [6.45, 7) is 2.06. The molecule has 2 aromatic carbocycles. The van der Waals surface area contributed by atoms with Crippen molar-refractivity contribution in [2.24, 2.45) is 0 Å². The van der Waals surface area contributed by atoms with E-state index in [1.807, 2.05) is 6.07 Å². The molecule has 0 atom stereocenters. The zero-order valence-electron chi connectivity index (χ0n) is 15.3. The minimum Gasteiger partial charge on any atom is -0.316 e. The van der Waals surface area contributed by atoms with E-state index in [2.05, 4.69) is 36.5 Å². The highest BCUT2D eigenvalue weighted by Crippen LogP contribution is 2.32. The van der Waals surface area contributed by atoms with E-state index in [0.29, 0.717) is 21.2 Å². The van der Waals surface area contributed by atoms with E-state index in [1.54, 1.807) is 24.3 Å². The molecule has 3 rings (SSSR count). The lowest BCUT2D eigenvalue weighted by molar-refractivity contribution is -0.113. The van der Waals surface area contributed by atoms with Gasteiger partial charge in [0.05, 0.1) is 10.6 Å². The summed E-state index contributed by atoms with van der Waals surface area (Å²) in [6.07, 6.45) is 1.62. The summed E-state index contributed by atoms with van der Waals surface area (Å²) in [7, 11) is 0. The van der Waals surface area contributed by atoms with Crippen molar-refractivity contribution in [3.05, 3.63) is 86.8 Å². The van der Waals surface area contributed by atoms with Crippen LogP contribution in [0.1, 0.15) is 31.9 Å². The lowest BCUT2D eigenvalue weighted by Gasteiger charge is -2.05. The molecule has 3 aromatic rings. The second-order valence-corrected chi connectivity index (χ2v) is 8.24. The Labute approximate surface area is 178 Å². The smallest absolute Gasteiger partial charge is 0.239 e. The molecule has 0 radical (unpaired) electrons. The molecule has 0 spiro atoms. The van der Waals surface area contributed by atoms with Crippen LogP contribution in [-0.4, -0.2) is 17.6 Å². The largest absolute Gasteiger partial charge is 0.316 e. The zero-order valence-corrected chi connectivity index (χ0v) is 17.6. The average molecular weight is 432 g/mol. The second kappa shape index (κ2) is 9.37. The van der Waals surface area contributed by atoms with Crippen LogP contribution in [0.5, 0.6) is 0 Å². The first-order valence-corrected chi connectivity index (χ1v) is 10.5. The number of amides is 1. The van der Waals surface area contributed by atoms with Gasteiger partial charge in [-0.3, -0.25) is 9.59 Å². The van der Waals surface area contributed by atoms with Gasteiger partial charge in [0.15, 0.2) is 5.78 Å². The zero-order chi connectivity index (χ0) is 20.1. The Kier molecular flexibility index (Phi) is 6.89. The standard InChI is InChI=1S/C22H19Cl2NO2S/c1-14-6-8-15(9-7-14)10-11-16-12-18(22(28-16)25-20(26)13-23)21(27)17-4-2-3-5-19(17)24/h2-9,12H,10-11,13H2,1H3,(H,25,26). The number of thiophene rings is 1. The Morgan fingerprint density at radius 1 is 1.00 bits per heavy atom. The van der Waals surface area contributed by atoms with E-state index in [9.17, 15) is 9.59 Å². The lowest BCUT2D eigenvalue weighted by atomic mass is 10.0. The van der Waals surface area contributed by atoms with Crippen LogP contribution in [-0.2, 0) is 17.6 Å². The van der Waals surface area contributed by atoms with Crippen molar-refractivity contribution in [3.8, 4) is 0 Å². The van der Waals surface area contributed by atoms with E-state index in [0.717, 1.165) is 17.7 Å². The highest BCUT2D eigenvalue weighted by molar-refractivity contribution is 7.16. The number of benzene rings is 2. The third kappa shape index (κ3) is 5.02. The van der Waals surface area contributed by atoms with Crippen molar-refractivity contribution in [2.75, 3.05) is 11.2 Å². The van der Waals surface area contributed by atoms with Crippen molar-refractivity contribution in [3.63, 3.8) is 0 Å². The fraction of sp³-hybridized carbons (Fsp3) is 0.182. The third-order valence-corrected chi connectivity index (χ3v) is 5.98. The van der Waals surface area contributed by atoms with Gasteiger partial charge >= 0.3 is 0 Å². The molecule has 3 nitrogen and oxygen atoms in total. The molecule has 0 aliphatic heterocycles. The highest BCUT2D eigenvalue weighted by atomic mass is 35.5. The number of halogens is 2. The molecule has 0 aliphatic rings. The Hall–Kier alpha value is -2.14. The summed E-state index contributed by atoms with van der Waals surface area (Å²) in [5.41, 5.74) is 3.30. The normalized spacial score (nSPS) is 10.7. The molecule has 0 unspecified atom stereocenters. The number of rotatable bonds is 7. The molecule has 0 fully saturated rings. The van der Waals surface area contributed by atoms with Crippen LogP contribution >= 0.6 is 34.5 Å². The second-order valence-electron chi connectivity index (χ2n) is 6.43. The average Bonchev–Trinajstić information content (AvgIpc) is 3.10. The molecule has 0 saturated carbocycles. The van der Waals surface area contributed by atoms with Crippen LogP contribution in [0.4, 0.5) is 5.00 Å². The van der Waals surface area contributed by atoms with Crippen LogP contribution in [0.25, 0.3) is 0 Å². The molecule has 0 bridgehead atoms. The fourth-order valence-corrected chi connectivity index (χ4v) is 4.16. The van der Waals surface area contributed by atoms with Crippen LogP contribution in [0.3, 0.4) is 0 Å². The quantitative estimate of drug-likeness (QED) is 0.373. The number of carbonyl (C=O) groups excluding carboxylic acids is 2. The van der Waals surface area contributed by atoms with E-state index < -0.39 is 0 Å². The number of nitrogens with one attached hydrogen (secondary N) is 1. The van der Waals surface area contributed by atoms with Crippen molar-refractivity contribution >= 4 is 51.2 Å². The molecule has 0 saturated heterocycles. The Balaban J connectivity index is 1.87. The van der Waals surface area contributed by atoms with Crippen LogP contribution in [0.2, 0.25) is 5.02 Å². The van der Waals surface area contributed by atoms with E-state index >= 15 is 0 Å². The molecule has 6 heteroatoms. The van der Waals surface area contributed by atoms with Gasteiger partial charge < -0.3 is 5.32 Å². The highest BCUT2D eigenvalue weighted by Gasteiger charge is 2.21. The molecule has 28 heavy (non-hydrogen) atoms. The Morgan fingerprint density at radius 3 is 2.39 bits per heavy atom. The predicted molar refractivity (Wildman–Crippen MR) is 117 cm³/mol. The maximum absolute atomic E-state index is 13.0. The van der Waals surface area contributed by atoms with Gasteiger partial charge in [0.2, 0.25) is 5.91 Å². The fourth-order valence-electron chi connectivity index (χ4n) is 2.80. The summed E-state index contributed by atoms with van der Waals surface area (Å²) in [6, 6.07) is 17.1. The number of hydrogen-bond acceptors (Lipinski definition) is 3. The summed E-state index contributed by atoms with van der Waals surface area (Å²) in [5.74, 6) is -0.730. The molecule has 1 N–H and O–H groups in total. The maximum atomic E-state index is 13.0. The number of anilines is 1. The van der Waals surface area contributed by atoms with Gasteiger partial charge in [0.25, 0.3) is 0 Å². The van der Waals surface area contributed by atoms with Gasteiger partial charge in [-0.05, 0) is 43.5 Å². The molecular formula is C22H19Cl2NO2S. The van der Waals surface area contributed by atoms with Gasteiger partial charge in [0.1, 0.15) is 10.9 Å². The minimum absolute atomic E-state index is 0.170. The third-order valence-electron chi connectivity index (χ3n) is 4.30. The summed E-state index contributed by atoms with van der Waals surface area (Å²) in [4.78, 5) is 25.8. The van der Waals surface area contributed by atoms with Gasteiger partial charge in [-0.15, -0.1) is 22.9 Å².